The number of para-hydroxylation sites is 2. The van der Waals surface area contributed by atoms with Crippen LogP contribution in [0.3, 0.4) is 0 Å². The molecule has 7 heteroatoms. The molecule has 0 spiro atoms. The summed E-state index contributed by atoms with van der Waals surface area (Å²) in [6, 6.07) is 15.6. The molecule has 1 aromatic heterocycles. The molecular weight excluding hydrogens is 382 g/mol. The van der Waals surface area contributed by atoms with Crippen molar-refractivity contribution in [3.8, 4) is 5.75 Å². The SMILES string of the molecule is O=C1c2ccc(C(=O)N3CCOc4ccccc43)cc2C(=O)N1Cc1cccnc1. The first-order valence-electron chi connectivity index (χ1n) is 9.56. The van der Waals surface area contributed by atoms with Crippen LogP contribution in [0.1, 0.15) is 36.6 Å². The maximum atomic E-state index is 13.2. The number of hydrogen-bond donors (Lipinski definition) is 0. The first-order valence-corrected chi connectivity index (χ1v) is 9.56. The molecule has 2 aliphatic rings. The molecule has 2 aromatic carbocycles. The van der Waals surface area contributed by atoms with Gasteiger partial charge in [0.05, 0.1) is 29.9 Å². The van der Waals surface area contributed by atoms with Gasteiger partial charge in [0.25, 0.3) is 17.7 Å². The number of hydrogen-bond acceptors (Lipinski definition) is 5. The normalized spacial score (nSPS) is 14.9. The Hall–Kier alpha value is -4.00. The van der Waals surface area contributed by atoms with Crippen molar-refractivity contribution in [2.45, 2.75) is 6.54 Å². The lowest BCUT2D eigenvalue weighted by Crippen LogP contribution is -2.38. The molecule has 3 heterocycles. The third kappa shape index (κ3) is 2.91. The van der Waals surface area contributed by atoms with Crippen molar-refractivity contribution in [2.75, 3.05) is 18.1 Å². The number of anilines is 1. The zero-order valence-corrected chi connectivity index (χ0v) is 15.9. The van der Waals surface area contributed by atoms with Gasteiger partial charge >= 0.3 is 0 Å². The lowest BCUT2D eigenvalue weighted by Gasteiger charge is -2.29. The van der Waals surface area contributed by atoms with E-state index < -0.39 is 5.91 Å². The van der Waals surface area contributed by atoms with E-state index in [1.54, 1.807) is 41.6 Å². The number of rotatable bonds is 3. The fraction of sp³-hybridized carbons (Fsp3) is 0.130. The highest BCUT2D eigenvalue weighted by Gasteiger charge is 2.36. The first-order chi connectivity index (χ1) is 14.6. The lowest BCUT2D eigenvalue weighted by atomic mass is 10.0. The topological polar surface area (TPSA) is 79.8 Å². The molecule has 0 radical (unpaired) electrons. The molecule has 7 nitrogen and oxygen atoms in total. The fourth-order valence-corrected chi connectivity index (χ4v) is 3.78. The standard InChI is InChI=1S/C23H17N3O4/c27-21(25-10-11-30-20-6-2-1-5-19(20)25)16-7-8-17-18(12-16)23(29)26(22(17)28)14-15-4-3-9-24-13-15/h1-9,12-13H,10-11,14H2. The number of ether oxygens (including phenoxy) is 1. The van der Waals surface area contributed by atoms with Gasteiger partial charge in [-0.2, -0.15) is 0 Å². The largest absolute Gasteiger partial charge is 0.490 e. The van der Waals surface area contributed by atoms with E-state index in [1.165, 1.54) is 11.0 Å². The van der Waals surface area contributed by atoms with Gasteiger partial charge in [-0.3, -0.25) is 24.3 Å². The summed E-state index contributed by atoms with van der Waals surface area (Å²) in [5.41, 5.74) is 2.36. The second kappa shape index (κ2) is 7.11. The van der Waals surface area contributed by atoms with Gasteiger partial charge in [-0.05, 0) is 42.0 Å². The third-order valence-corrected chi connectivity index (χ3v) is 5.25. The Morgan fingerprint density at radius 1 is 1.00 bits per heavy atom. The van der Waals surface area contributed by atoms with Crippen LogP contribution in [0, 0.1) is 0 Å². The molecule has 0 aliphatic carbocycles. The van der Waals surface area contributed by atoms with Crippen molar-refractivity contribution in [1.82, 2.24) is 9.88 Å². The maximum absolute atomic E-state index is 13.2. The summed E-state index contributed by atoms with van der Waals surface area (Å²) >= 11 is 0. The summed E-state index contributed by atoms with van der Waals surface area (Å²) in [4.78, 5) is 45.6. The molecule has 0 saturated heterocycles. The maximum Gasteiger partial charge on any atom is 0.261 e. The van der Waals surface area contributed by atoms with Crippen LogP contribution in [0.25, 0.3) is 0 Å². The number of imide groups is 1. The quantitative estimate of drug-likeness (QED) is 0.633. The molecule has 5 rings (SSSR count). The van der Waals surface area contributed by atoms with Crippen LogP contribution in [-0.2, 0) is 6.54 Å². The summed E-state index contributed by atoms with van der Waals surface area (Å²) in [5.74, 6) is -0.364. The number of aromatic nitrogens is 1. The molecule has 3 amide bonds. The second-order valence-corrected chi connectivity index (χ2v) is 7.09. The summed E-state index contributed by atoms with van der Waals surface area (Å²) in [5, 5.41) is 0. The predicted octanol–water partition coefficient (Wildman–Crippen LogP) is 2.92. The lowest BCUT2D eigenvalue weighted by molar-refractivity contribution is 0.0642. The molecular formula is C23H17N3O4. The molecule has 0 saturated carbocycles. The predicted molar refractivity (Wildman–Crippen MR) is 108 cm³/mol. The highest BCUT2D eigenvalue weighted by atomic mass is 16.5. The van der Waals surface area contributed by atoms with Gasteiger partial charge in [0.2, 0.25) is 0 Å². The van der Waals surface area contributed by atoms with E-state index >= 15 is 0 Å². The molecule has 0 fully saturated rings. The van der Waals surface area contributed by atoms with Crippen LogP contribution < -0.4 is 9.64 Å². The van der Waals surface area contributed by atoms with Crippen molar-refractivity contribution in [3.63, 3.8) is 0 Å². The van der Waals surface area contributed by atoms with Gasteiger partial charge in [-0.15, -0.1) is 0 Å². The fourth-order valence-electron chi connectivity index (χ4n) is 3.78. The Morgan fingerprint density at radius 3 is 2.67 bits per heavy atom. The van der Waals surface area contributed by atoms with Crippen LogP contribution in [0.4, 0.5) is 5.69 Å². The number of carbonyl (C=O) groups is 3. The van der Waals surface area contributed by atoms with Crippen LogP contribution in [0.2, 0.25) is 0 Å². The summed E-state index contributed by atoms with van der Waals surface area (Å²) in [6.07, 6.45) is 3.25. The summed E-state index contributed by atoms with van der Waals surface area (Å²) in [7, 11) is 0. The van der Waals surface area contributed by atoms with E-state index in [0.717, 1.165) is 5.56 Å². The average Bonchev–Trinajstić information content (AvgIpc) is 3.03. The van der Waals surface area contributed by atoms with Gasteiger partial charge in [-0.1, -0.05) is 18.2 Å². The van der Waals surface area contributed by atoms with Crippen molar-refractivity contribution in [2.24, 2.45) is 0 Å². The van der Waals surface area contributed by atoms with E-state index in [-0.39, 0.29) is 23.9 Å². The zero-order chi connectivity index (χ0) is 20.7. The number of benzene rings is 2. The molecule has 148 valence electrons. The Labute approximate surface area is 172 Å². The number of amides is 3. The van der Waals surface area contributed by atoms with E-state index in [1.807, 2.05) is 24.3 Å². The average molecular weight is 399 g/mol. The van der Waals surface area contributed by atoms with Crippen molar-refractivity contribution in [1.29, 1.82) is 0 Å². The second-order valence-electron chi connectivity index (χ2n) is 7.09. The summed E-state index contributed by atoms with van der Waals surface area (Å²) in [6.45, 7) is 0.942. The van der Waals surface area contributed by atoms with Gasteiger partial charge < -0.3 is 9.64 Å². The molecule has 0 atom stereocenters. The zero-order valence-electron chi connectivity index (χ0n) is 15.9. The monoisotopic (exact) mass is 399 g/mol. The Morgan fingerprint density at radius 2 is 1.83 bits per heavy atom. The van der Waals surface area contributed by atoms with E-state index in [4.69, 9.17) is 4.74 Å². The van der Waals surface area contributed by atoms with Gasteiger partial charge in [0.1, 0.15) is 12.4 Å². The molecule has 0 bridgehead atoms. The Balaban J connectivity index is 1.44. The van der Waals surface area contributed by atoms with Crippen LogP contribution in [0.15, 0.2) is 67.0 Å². The van der Waals surface area contributed by atoms with Crippen LogP contribution >= 0.6 is 0 Å². The Bertz CT molecular complexity index is 1180. The minimum Gasteiger partial charge on any atom is -0.490 e. The molecule has 0 unspecified atom stereocenters. The minimum absolute atomic E-state index is 0.139. The van der Waals surface area contributed by atoms with Gasteiger partial charge in [-0.25, -0.2) is 0 Å². The summed E-state index contributed by atoms with van der Waals surface area (Å²) < 4.78 is 5.61. The molecule has 0 N–H and O–H groups in total. The first kappa shape index (κ1) is 18.1. The van der Waals surface area contributed by atoms with Gasteiger partial charge in [0.15, 0.2) is 0 Å². The third-order valence-electron chi connectivity index (χ3n) is 5.25. The van der Waals surface area contributed by atoms with Gasteiger partial charge in [0, 0.05) is 18.0 Å². The van der Waals surface area contributed by atoms with Crippen molar-refractivity contribution in [3.05, 3.63) is 89.2 Å². The minimum atomic E-state index is -0.407. The van der Waals surface area contributed by atoms with Crippen molar-refractivity contribution >= 4 is 23.4 Å². The van der Waals surface area contributed by atoms with Crippen LogP contribution in [0.5, 0.6) is 5.75 Å². The molecule has 30 heavy (non-hydrogen) atoms. The van der Waals surface area contributed by atoms with Crippen molar-refractivity contribution < 1.29 is 19.1 Å². The molecule has 3 aromatic rings. The van der Waals surface area contributed by atoms with E-state index in [2.05, 4.69) is 4.98 Å². The van der Waals surface area contributed by atoms with E-state index in [9.17, 15) is 14.4 Å². The number of carbonyl (C=O) groups excluding carboxylic acids is 3. The highest BCUT2D eigenvalue weighted by molar-refractivity contribution is 6.22. The van der Waals surface area contributed by atoms with E-state index in [0.29, 0.717) is 35.7 Å². The Kier molecular flexibility index (Phi) is 4.28. The molecule has 2 aliphatic heterocycles. The highest BCUT2D eigenvalue weighted by Crippen LogP contribution is 2.33. The number of pyridine rings is 1. The smallest absolute Gasteiger partial charge is 0.261 e. The van der Waals surface area contributed by atoms with Crippen LogP contribution in [-0.4, -0.2) is 40.8 Å². The number of fused-ring (bicyclic) bond motifs is 2. The number of nitrogens with zero attached hydrogens (tertiary/aromatic N) is 3.